The molecule has 10 heteroatoms. The molecule has 0 aliphatic carbocycles. The van der Waals surface area contributed by atoms with Crippen LogP contribution in [0.4, 0.5) is 21.0 Å². The highest BCUT2D eigenvalue weighted by Crippen LogP contribution is 2.27. The normalized spacial score (nSPS) is 20.4. The largest absolute Gasteiger partial charge is 0.447 e. The summed E-state index contributed by atoms with van der Waals surface area (Å²) in [4.78, 5) is 36.7. The maximum atomic E-state index is 15.0. The highest BCUT2D eigenvalue weighted by atomic mass is 19.1. The Labute approximate surface area is 209 Å². The van der Waals surface area contributed by atoms with Crippen molar-refractivity contribution in [1.29, 1.82) is 0 Å². The maximum Gasteiger partial charge on any atom is 0.415 e. The molecule has 2 aliphatic heterocycles. The van der Waals surface area contributed by atoms with Gasteiger partial charge in [-0.2, -0.15) is 4.98 Å². The van der Waals surface area contributed by atoms with Gasteiger partial charge in [0.15, 0.2) is 0 Å². The highest BCUT2D eigenvalue weighted by molar-refractivity contribution is 5.95. The smallest absolute Gasteiger partial charge is 0.415 e. The van der Waals surface area contributed by atoms with Crippen LogP contribution in [0, 0.1) is 36.4 Å². The van der Waals surface area contributed by atoms with E-state index in [1.54, 1.807) is 12.1 Å². The summed E-state index contributed by atoms with van der Waals surface area (Å²) in [6, 6.07) is 4.23. The van der Waals surface area contributed by atoms with E-state index < -0.39 is 29.9 Å². The van der Waals surface area contributed by atoms with Crippen molar-refractivity contribution in [2.45, 2.75) is 32.0 Å². The van der Waals surface area contributed by atoms with Gasteiger partial charge in [0.1, 0.15) is 30.3 Å². The van der Waals surface area contributed by atoms with Crippen LogP contribution in [0.15, 0.2) is 30.5 Å². The third kappa shape index (κ3) is 4.95. The third-order valence-corrected chi connectivity index (χ3v) is 6.14. The van der Waals surface area contributed by atoms with Gasteiger partial charge in [-0.1, -0.05) is 31.8 Å². The average molecular weight is 492 g/mol. The summed E-state index contributed by atoms with van der Waals surface area (Å²) in [5.41, 5.74) is 0.291. The van der Waals surface area contributed by atoms with E-state index in [1.807, 2.05) is 13.8 Å². The van der Waals surface area contributed by atoms with Crippen LogP contribution in [0.25, 0.3) is 0 Å². The van der Waals surface area contributed by atoms with Gasteiger partial charge in [-0.25, -0.2) is 14.2 Å². The van der Waals surface area contributed by atoms with Gasteiger partial charge in [0.2, 0.25) is 5.95 Å². The molecule has 3 unspecified atom stereocenters. The summed E-state index contributed by atoms with van der Waals surface area (Å²) in [5.74, 6) is 4.48. The van der Waals surface area contributed by atoms with Gasteiger partial charge in [0, 0.05) is 12.7 Å². The number of aromatic nitrogens is 2. The van der Waals surface area contributed by atoms with Crippen molar-refractivity contribution < 1.29 is 23.5 Å². The minimum atomic E-state index is -0.799. The summed E-state index contributed by atoms with van der Waals surface area (Å²) in [6.07, 6.45) is 12.2. The summed E-state index contributed by atoms with van der Waals surface area (Å²) in [7, 11) is 0. The molecule has 0 radical (unpaired) electrons. The number of morpholine rings is 1. The van der Waals surface area contributed by atoms with Crippen LogP contribution >= 0.6 is 0 Å². The number of rotatable bonds is 6. The molecule has 3 atom stereocenters. The maximum absolute atomic E-state index is 15.0. The van der Waals surface area contributed by atoms with Crippen molar-refractivity contribution in [3.05, 3.63) is 47.4 Å². The van der Waals surface area contributed by atoms with E-state index >= 15 is 4.39 Å². The minimum absolute atomic E-state index is 0.109. The van der Waals surface area contributed by atoms with Gasteiger partial charge < -0.3 is 19.7 Å². The van der Waals surface area contributed by atoms with E-state index in [4.69, 9.17) is 22.3 Å². The summed E-state index contributed by atoms with van der Waals surface area (Å²) >= 11 is 0. The zero-order valence-electron chi connectivity index (χ0n) is 20.0. The van der Waals surface area contributed by atoms with Crippen LogP contribution in [0.1, 0.15) is 35.8 Å². The van der Waals surface area contributed by atoms with Gasteiger partial charge in [0.05, 0.1) is 24.8 Å². The molecule has 0 bridgehead atoms. The Morgan fingerprint density at radius 3 is 2.78 bits per heavy atom. The second-order valence-corrected chi connectivity index (χ2v) is 8.74. The zero-order valence-corrected chi connectivity index (χ0v) is 20.0. The van der Waals surface area contributed by atoms with Crippen LogP contribution in [-0.4, -0.2) is 65.3 Å². The number of terminal acetylenes is 2. The fourth-order valence-corrected chi connectivity index (χ4v) is 4.12. The van der Waals surface area contributed by atoms with Crippen LogP contribution in [-0.2, 0) is 9.47 Å². The standard InChI is InChI=1S/C26H26FN5O4/c1-5-18-14-35-12-11-31(18)24(33)19-8-7-17(13-20(19)27)21(6-2)29-25-28-10-9-23(30-25)32-22(16(3)4)15-36-26(32)34/h1-2,7-10,13,16,18,21-22H,11-12,14-15H2,3-4H3,(H,28,29,30). The van der Waals surface area contributed by atoms with E-state index in [0.29, 0.717) is 18.0 Å². The van der Waals surface area contributed by atoms with Crippen LogP contribution < -0.4 is 10.2 Å². The lowest BCUT2D eigenvalue weighted by molar-refractivity contribution is 0.0135. The molecule has 3 heterocycles. The van der Waals surface area contributed by atoms with Gasteiger partial charge in [-0.3, -0.25) is 9.69 Å². The molecule has 2 aromatic rings. The molecule has 2 fully saturated rings. The lowest BCUT2D eigenvalue weighted by Crippen LogP contribution is -2.48. The molecular weight excluding hydrogens is 465 g/mol. The lowest BCUT2D eigenvalue weighted by atomic mass is 10.0. The Kier molecular flexibility index (Phi) is 7.37. The number of nitrogens with one attached hydrogen (secondary N) is 1. The number of ether oxygens (including phenoxy) is 2. The second-order valence-electron chi connectivity index (χ2n) is 8.74. The van der Waals surface area contributed by atoms with E-state index in [0.717, 1.165) is 0 Å². The molecule has 0 saturated carbocycles. The number of nitrogens with zero attached hydrogens (tertiary/aromatic N) is 4. The van der Waals surface area contributed by atoms with Crippen molar-refractivity contribution in [2.75, 3.05) is 36.6 Å². The first kappa shape index (κ1) is 25.0. The average Bonchev–Trinajstić information content (AvgIpc) is 3.28. The summed E-state index contributed by atoms with van der Waals surface area (Å²) in [5, 5.41) is 2.98. The minimum Gasteiger partial charge on any atom is -0.447 e. The molecule has 4 rings (SSSR count). The van der Waals surface area contributed by atoms with Crippen molar-refractivity contribution >= 4 is 23.8 Å². The molecule has 2 aliphatic rings. The quantitative estimate of drug-likeness (QED) is 0.621. The van der Waals surface area contributed by atoms with E-state index in [2.05, 4.69) is 27.1 Å². The van der Waals surface area contributed by atoms with Crippen molar-refractivity contribution in [3.8, 4) is 24.7 Å². The molecule has 36 heavy (non-hydrogen) atoms. The Balaban J connectivity index is 1.53. The van der Waals surface area contributed by atoms with Crippen molar-refractivity contribution in [3.63, 3.8) is 0 Å². The molecule has 1 aromatic carbocycles. The SMILES string of the molecule is C#CC(Nc1nccc(N2C(=O)OCC2C(C)C)n1)c1ccc(C(=O)N2CCOCC2C#C)c(F)c1. The van der Waals surface area contributed by atoms with Gasteiger partial charge in [0.25, 0.3) is 5.91 Å². The number of halogens is 1. The predicted octanol–water partition coefficient (Wildman–Crippen LogP) is 2.86. The number of carbonyl (C=O) groups excluding carboxylic acids is 2. The van der Waals surface area contributed by atoms with Gasteiger partial charge >= 0.3 is 6.09 Å². The van der Waals surface area contributed by atoms with Gasteiger partial charge in [-0.05, 0) is 29.7 Å². The van der Waals surface area contributed by atoms with Crippen LogP contribution in [0.2, 0.25) is 0 Å². The Morgan fingerprint density at radius 1 is 1.28 bits per heavy atom. The van der Waals surface area contributed by atoms with Crippen molar-refractivity contribution in [1.82, 2.24) is 14.9 Å². The van der Waals surface area contributed by atoms with E-state index in [9.17, 15) is 9.59 Å². The second kappa shape index (κ2) is 10.6. The first-order valence-corrected chi connectivity index (χ1v) is 11.5. The van der Waals surface area contributed by atoms with Crippen LogP contribution in [0.5, 0.6) is 0 Å². The lowest BCUT2D eigenvalue weighted by Gasteiger charge is -2.32. The summed E-state index contributed by atoms with van der Waals surface area (Å²) in [6.45, 7) is 5.06. The Bertz CT molecular complexity index is 1240. The fraction of sp³-hybridized carbons (Fsp3) is 0.385. The first-order valence-electron chi connectivity index (χ1n) is 11.5. The molecule has 2 saturated heterocycles. The molecule has 2 amide bonds. The zero-order chi connectivity index (χ0) is 25.8. The number of hydrogen-bond donors (Lipinski definition) is 1. The summed E-state index contributed by atoms with van der Waals surface area (Å²) < 4.78 is 25.5. The highest BCUT2D eigenvalue weighted by Gasteiger charge is 2.37. The number of amides is 2. The monoisotopic (exact) mass is 491 g/mol. The number of carbonyl (C=O) groups is 2. The molecule has 1 aromatic heterocycles. The number of cyclic esters (lactones) is 1. The predicted molar refractivity (Wildman–Crippen MR) is 131 cm³/mol. The molecule has 186 valence electrons. The number of anilines is 2. The van der Waals surface area contributed by atoms with Crippen LogP contribution in [0.3, 0.4) is 0 Å². The number of benzene rings is 1. The first-order chi connectivity index (χ1) is 17.3. The number of hydrogen-bond acceptors (Lipinski definition) is 7. The molecule has 1 N–H and O–H groups in total. The Morgan fingerprint density at radius 2 is 2.08 bits per heavy atom. The van der Waals surface area contributed by atoms with E-state index in [-0.39, 0.29) is 43.2 Å². The molecule has 9 nitrogen and oxygen atoms in total. The van der Waals surface area contributed by atoms with Gasteiger partial charge in [-0.15, -0.1) is 12.8 Å². The fourth-order valence-electron chi connectivity index (χ4n) is 4.12. The van der Waals surface area contributed by atoms with E-state index in [1.165, 1.54) is 28.1 Å². The third-order valence-electron chi connectivity index (χ3n) is 6.14. The topological polar surface area (TPSA) is 96.9 Å². The van der Waals surface area contributed by atoms with Crippen molar-refractivity contribution in [2.24, 2.45) is 5.92 Å². The Hall–Kier alpha value is -4.15. The molecule has 0 spiro atoms. The molecular formula is C26H26FN5O4.